The van der Waals surface area contributed by atoms with E-state index in [9.17, 15) is 4.79 Å². The van der Waals surface area contributed by atoms with E-state index in [2.05, 4.69) is 9.98 Å². The molecular formula is C12H10N2O2S. The molecule has 0 amide bonds. The summed E-state index contributed by atoms with van der Waals surface area (Å²) in [5, 5.41) is 2.74. The molecule has 86 valence electrons. The Morgan fingerprint density at radius 3 is 3.06 bits per heavy atom. The van der Waals surface area contributed by atoms with Gasteiger partial charge in [0, 0.05) is 5.38 Å². The third-order valence-electron chi connectivity index (χ3n) is 2.19. The molecule has 2 aromatic rings. The second-order valence-corrected chi connectivity index (χ2v) is 4.11. The summed E-state index contributed by atoms with van der Waals surface area (Å²) in [6.07, 6.45) is 1.50. The van der Waals surface area contributed by atoms with Gasteiger partial charge in [0.25, 0.3) is 0 Å². The van der Waals surface area contributed by atoms with Crippen LogP contribution in [0.25, 0.3) is 10.6 Å². The number of aliphatic imine (C=N–C) groups is 1. The zero-order chi connectivity index (χ0) is 12.1. The van der Waals surface area contributed by atoms with Crippen LogP contribution >= 0.6 is 11.3 Å². The first-order chi connectivity index (χ1) is 8.35. The molecule has 2 rings (SSSR count). The second-order valence-electron chi connectivity index (χ2n) is 3.25. The van der Waals surface area contributed by atoms with Crippen molar-refractivity contribution in [3.05, 3.63) is 35.3 Å². The number of ether oxygens (including phenoxy) is 1. The Hall–Kier alpha value is -1.97. The average molecular weight is 246 g/mol. The van der Waals surface area contributed by atoms with Crippen molar-refractivity contribution < 1.29 is 9.53 Å². The highest BCUT2D eigenvalue weighted by Gasteiger charge is 2.09. The Kier molecular flexibility index (Phi) is 3.65. The maximum Gasteiger partial charge on any atom is 0.235 e. The second kappa shape index (κ2) is 5.39. The van der Waals surface area contributed by atoms with Crippen LogP contribution in [-0.2, 0) is 11.3 Å². The summed E-state index contributed by atoms with van der Waals surface area (Å²) in [4.78, 5) is 17.9. The summed E-state index contributed by atoms with van der Waals surface area (Å²) in [6, 6.07) is 7.68. The van der Waals surface area contributed by atoms with Crippen molar-refractivity contribution in [2.75, 3.05) is 7.11 Å². The fraction of sp³-hybridized carbons (Fsp3) is 0.167. The van der Waals surface area contributed by atoms with Crippen LogP contribution in [0.1, 0.15) is 5.69 Å². The van der Waals surface area contributed by atoms with E-state index in [0.717, 1.165) is 22.0 Å². The van der Waals surface area contributed by atoms with Gasteiger partial charge in [-0.25, -0.2) is 9.78 Å². The van der Waals surface area contributed by atoms with E-state index >= 15 is 0 Å². The molecule has 0 bridgehead atoms. The van der Waals surface area contributed by atoms with Crippen LogP contribution in [-0.4, -0.2) is 18.2 Å². The van der Waals surface area contributed by atoms with E-state index in [1.807, 2.05) is 29.6 Å². The van der Waals surface area contributed by atoms with Crippen LogP contribution in [0.5, 0.6) is 5.75 Å². The van der Waals surface area contributed by atoms with Gasteiger partial charge in [-0.3, -0.25) is 0 Å². The lowest BCUT2D eigenvalue weighted by Gasteiger charge is -2.04. The summed E-state index contributed by atoms with van der Waals surface area (Å²) in [5.41, 5.74) is 1.71. The highest BCUT2D eigenvalue weighted by Crippen LogP contribution is 2.31. The van der Waals surface area contributed by atoms with Gasteiger partial charge in [-0.15, -0.1) is 11.3 Å². The minimum Gasteiger partial charge on any atom is -0.496 e. The summed E-state index contributed by atoms with van der Waals surface area (Å²) >= 11 is 1.50. The molecule has 0 radical (unpaired) electrons. The van der Waals surface area contributed by atoms with Crippen molar-refractivity contribution in [1.82, 2.24) is 4.98 Å². The first kappa shape index (κ1) is 11.5. The van der Waals surface area contributed by atoms with Gasteiger partial charge in [0.15, 0.2) is 0 Å². The number of hydrogen-bond donors (Lipinski definition) is 0. The highest BCUT2D eigenvalue weighted by atomic mass is 32.1. The molecular weight excluding hydrogens is 236 g/mol. The van der Waals surface area contributed by atoms with Crippen molar-refractivity contribution in [2.24, 2.45) is 4.99 Å². The van der Waals surface area contributed by atoms with Gasteiger partial charge in [-0.1, -0.05) is 12.1 Å². The van der Waals surface area contributed by atoms with E-state index < -0.39 is 0 Å². The molecule has 5 heteroatoms. The van der Waals surface area contributed by atoms with Gasteiger partial charge in [-0.05, 0) is 12.1 Å². The molecule has 1 heterocycles. The normalized spacial score (nSPS) is 9.71. The fourth-order valence-corrected chi connectivity index (χ4v) is 2.28. The Bertz CT molecular complexity index is 559. The molecule has 0 N–H and O–H groups in total. The maximum atomic E-state index is 10.0. The molecule has 1 aromatic carbocycles. The third kappa shape index (κ3) is 2.58. The molecule has 17 heavy (non-hydrogen) atoms. The van der Waals surface area contributed by atoms with Crippen molar-refractivity contribution in [1.29, 1.82) is 0 Å². The molecule has 0 atom stereocenters. The van der Waals surface area contributed by atoms with Gasteiger partial charge in [0.2, 0.25) is 6.08 Å². The average Bonchev–Trinajstić information content (AvgIpc) is 2.85. The number of aromatic nitrogens is 1. The number of methoxy groups -OCH3 is 1. The molecule has 0 unspecified atom stereocenters. The SMILES string of the molecule is COc1ccccc1-c1nc(CN=C=O)cs1. The minimum absolute atomic E-state index is 0.273. The van der Waals surface area contributed by atoms with Crippen molar-refractivity contribution in [3.63, 3.8) is 0 Å². The number of benzene rings is 1. The van der Waals surface area contributed by atoms with Crippen molar-refractivity contribution in [3.8, 4) is 16.3 Å². The monoisotopic (exact) mass is 246 g/mol. The van der Waals surface area contributed by atoms with Gasteiger partial charge in [0.1, 0.15) is 10.8 Å². The lowest BCUT2D eigenvalue weighted by molar-refractivity contribution is 0.416. The number of para-hydroxylation sites is 1. The van der Waals surface area contributed by atoms with E-state index in [4.69, 9.17) is 4.74 Å². The lowest BCUT2D eigenvalue weighted by Crippen LogP contribution is -1.87. The van der Waals surface area contributed by atoms with Gasteiger partial charge < -0.3 is 4.74 Å². The molecule has 1 aromatic heterocycles. The smallest absolute Gasteiger partial charge is 0.235 e. The summed E-state index contributed by atoms with van der Waals surface area (Å²) in [5.74, 6) is 0.785. The summed E-state index contributed by atoms with van der Waals surface area (Å²) < 4.78 is 5.27. The molecule has 0 spiro atoms. The zero-order valence-corrected chi connectivity index (χ0v) is 10.0. The zero-order valence-electron chi connectivity index (χ0n) is 9.21. The van der Waals surface area contributed by atoms with Crippen LogP contribution in [0.15, 0.2) is 34.6 Å². The highest BCUT2D eigenvalue weighted by molar-refractivity contribution is 7.13. The quantitative estimate of drug-likeness (QED) is 0.615. The predicted molar refractivity (Wildman–Crippen MR) is 65.9 cm³/mol. The Balaban J connectivity index is 2.33. The van der Waals surface area contributed by atoms with Gasteiger partial charge >= 0.3 is 0 Å². The maximum absolute atomic E-state index is 10.0. The van der Waals surface area contributed by atoms with Gasteiger partial charge in [0.05, 0.1) is 24.9 Å². The van der Waals surface area contributed by atoms with Crippen molar-refractivity contribution >= 4 is 17.4 Å². The first-order valence-electron chi connectivity index (χ1n) is 4.96. The molecule has 0 saturated heterocycles. The topological polar surface area (TPSA) is 51.6 Å². The van der Waals surface area contributed by atoms with Crippen molar-refractivity contribution in [2.45, 2.75) is 6.54 Å². The van der Waals surface area contributed by atoms with E-state index in [1.165, 1.54) is 17.4 Å². The van der Waals surface area contributed by atoms with Crippen LogP contribution < -0.4 is 4.74 Å². The number of hydrogen-bond acceptors (Lipinski definition) is 5. The van der Waals surface area contributed by atoms with Gasteiger partial charge in [-0.2, -0.15) is 4.99 Å². The predicted octanol–water partition coefficient (Wildman–Crippen LogP) is 2.65. The van der Waals surface area contributed by atoms with Crippen LogP contribution in [0.3, 0.4) is 0 Å². The third-order valence-corrected chi connectivity index (χ3v) is 3.12. The lowest BCUT2D eigenvalue weighted by atomic mass is 10.2. The molecule has 0 saturated carbocycles. The largest absolute Gasteiger partial charge is 0.496 e. The fourth-order valence-electron chi connectivity index (χ4n) is 1.44. The molecule has 0 aliphatic heterocycles. The van der Waals surface area contributed by atoms with E-state index in [-0.39, 0.29) is 6.54 Å². The molecule has 0 fully saturated rings. The number of nitrogens with zero attached hydrogens (tertiary/aromatic N) is 2. The van der Waals surface area contributed by atoms with E-state index in [1.54, 1.807) is 7.11 Å². The standard InChI is InChI=1S/C12H10N2O2S/c1-16-11-5-3-2-4-10(11)12-14-9(7-17-12)6-13-8-15/h2-5,7H,6H2,1H3. The number of thiazole rings is 1. The summed E-state index contributed by atoms with van der Waals surface area (Å²) in [7, 11) is 1.63. The molecule has 4 nitrogen and oxygen atoms in total. The van der Waals surface area contributed by atoms with E-state index in [0.29, 0.717) is 0 Å². The Morgan fingerprint density at radius 1 is 1.47 bits per heavy atom. The molecule has 0 aliphatic carbocycles. The number of isocyanates is 1. The Morgan fingerprint density at radius 2 is 2.29 bits per heavy atom. The minimum atomic E-state index is 0.273. The number of carbonyl (C=O) groups excluding carboxylic acids is 1. The van der Waals surface area contributed by atoms with Crippen LogP contribution in [0.2, 0.25) is 0 Å². The summed E-state index contributed by atoms with van der Waals surface area (Å²) in [6.45, 7) is 0.273. The first-order valence-corrected chi connectivity index (χ1v) is 5.84. The Labute approximate surface area is 103 Å². The number of rotatable bonds is 4. The van der Waals surface area contributed by atoms with Crippen LogP contribution in [0, 0.1) is 0 Å². The molecule has 0 aliphatic rings. The van der Waals surface area contributed by atoms with Crippen LogP contribution in [0.4, 0.5) is 0 Å².